The number of thiophene rings is 1. The smallest absolute Gasteiger partial charge is 0.414 e. The Kier molecular flexibility index (Phi) is 4.14. The van der Waals surface area contributed by atoms with Crippen LogP contribution in [0.15, 0.2) is 30.3 Å². The number of nitrogens with zero attached hydrogens (tertiary/aromatic N) is 1. The zero-order chi connectivity index (χ0) is 16.6. The van der Waals surface area contributed by atoms with Gasteiger partial charge in [-0.15, -0.1) is 11.3 Å². The van der Waals surface area contributed by atoms with Crippen LogP contribution in [-0.4, -0.2) is 24.6 Å². The van der Waals surface area contributed by atoms with E-state index in [1.807, 2.05) is 0 Å². The number of hydrogen-bond donors (Lipinski definition) is 2. The first-order valence-corrected chi connectivity index (χ1v) is 8.05. The van der Waals surface area contributed by atoms with Crippen molar-refractivity contribution in [3.8, 4) is 0 Å². The van der Waals surface area contributed by atoms with Crippen LogP contribution in [-0.2, 0) is 11.2 Å². The van der Waals surface area contributed by atoms with Gasteiger partial charge in [-0.25, -0.2) is 4.79 Å². The molecule has 8 heteroatoms. The number of hydrogen-bond acceptors (Lipinski definition) is 5. The van der Waals surface area contributed by atoms with Gasteiger partial charge in [-0.2, -0.15) is 0 Å². The lowest BCUT2D eigenvalue weighted by Gasteiger charge is -2.13. The highest BCUT2D eigenvalue weighted by Crippen LogP contribution is 2.30. The topological polar surface area (TPSA) is 98.7 Å². The summed E-state index contributed by atoms with van der Waals surface area (Å²) in [5, 5.41) is 0. The van der Waals surface area contributed by atoms with E-state index >= 15 is 0 Å². The number of nitrogens with two attached hydrogens (primary N) is 2. The lowest BCUT2D eigenvalue weighted by Crippen LogP contribution is -2.25. The van der Waals surface area contributed by atoms with Gasteiger partial charge in [-0.3, -0.25) is 9.69 Å². The van der Waals surface area contributed by atoms with Crippen LogP contribution in [0, 0.1) is 0 Å². The highest BCUT2D eigenvalue weighted by Gasteiger charge is 2.33. The van der Waals surface area contributed by atoms with Crippen LogP contribution in [0.3, 0.4) is 0 Å². The van der Waals surface area contributed by atoms with Crippen molar-refractivity contribution in [2.75, 3.05) is 17.2 Å². The molecule has 120 valence electrons. The number of benzene rings is 1. The maximum absolute atomic E-state index is 12.0. The third-order valence-electron chi connectivity index (χ3n) is 3.53. The van der Waals surface area contributed by atoms with E-state index in [1.165, 1.54) is 4.90 Å². The number of carbonyl (C=O) groups excluding carboxylic acids is 2. The molecule has 1 atom stereocenters. The molecule has 0 radical (unpaired) electrons. The number of rotatable bonds is 4. The summed E-state index contributed by atoms with van der Waals surface area (Å²) in [6, 6.07) is 8.65. The second kappa shape index (κ2) is 6.10. The molecule has 6 nitrogen and oxygen atoms in total. The first-order chi connectivity index (χ1) is 10.9. The van der Waals surface area contributed by atoms with E-state index in [9.17, 15) is 9.59 Å². The van der Waals surface area contributed by atoms with E-state index in [-0.39, 0.29) is 6.10 Å². The first kappa shape index (κ1) is 15.6. The molecule has 0 saturated carbocycles. The molecular formula is C15H14ClN3O3S. The molecule has 2 amide bonds. The molecule has 0 aliphatic carbocycles. The van der Waals surface area contributed by atoms with Crippen molar-refractivity contribution in [2.24, 2.45) is 5.73 Å². The van der Waals surface area contributed by atoms with Gasteiger partial charge in [-0.1, -0.05) is 11.6 Å². The summed E-state index contributed by atoms with van der Waals surface area (Å²) in [5.74, 6) is -0.531. The molecule has 1 aromatic heterocycles. The predicted molar refractivity (Wildman–Crippen MR) is 90.0 cm³/mol. The molecule has 1 saturated heterocycles. The average molecular weight is 352 g/mol. The summed E-state index contributed by atoms with van der Waals surface area (Å²) in [5.41, 5.74) is 13.0. The molecule has 0 spiro atoms. The third-order valence-corrected chi connectivity index (χ3v) is 4.85. The molecule has 3 rings (SSSR count). The van der Waals surface area contributed by atoms with Crippen LogP contribution >= 0.6 is 22.9 Å². The number of anilines is 2. The second-order valence-corrected chi connectivity index (χ2v) is 6.86. The Hall–Kier alpha value is -2.25. The molecule has 2 heterocycles. The van der Waals surface area contributed by atoms with Gasteiger partial charge in [0.2, 0.25) is 0 Å². The molecule has 4 N–H and O–H groups in total. The first-order valence-electron chi connectivity index (χ1n) is 6.85. The van der Waals surface area contributed by atoms with E-state index in [0.29, 0.717) is 39.1 Å². The number of carbonyl (C=O) groups is 2. The van der Waals surface area contributed by atoms with E-state index in [0.717, 1.165) is 11.3 Å². The van der Waals surface area contributed by atoms with Gasteiger partial charge in [0.15, 0.2) is 0 Å². The average Bonchev–Trinajstić information content (AvgIpc) is 3.03. The van der Waals surface area contributed by atoms with Crippen molar-refractivity contribution in [3.63, 3.8) is 0 Å². The van der Waals surface area contributed by atoms with Crippen LogP contribution in [0.5, 0.6) is 0 Å². The molecular weight excluding hydrogens is 338 g/mol. The fourth-order valence-corrected chi connectivity index (χ4v) is 3.63. The van der Waals surface area contributed by atoms with Gasteiger partial charge in [0, 0.05) is 17.8 Å². The number of nitrogen functional groups attached to an aromatic ring is 1. The predicted octanol–water partition coefficient (Wildman–Crippen LogP) is 2.65. The van der Waals surface area contributed by atoms with Crippen molar-refractivity contribution < 1.29 is 14.3 Å². The van der Waals surface area contributed by atoms with Gasteiger partial charge < -0.3 is 16.2 Å². The van der Waals surface area contributed by atoms with E-state index in [4.69, 9.17) is 27.8 Å². The largest absolute Gasteiger partial charge is 0.444 e. The van der Waals surface area contributed by atoms with Crippen LogP contribution < -0.4 is 16.4 Å². The van der Waals surface area contributed by atoms with Crippen molar-refractivity contribution in [3.05, 3.63) is 45.1 Å². The van der Waals surface area contributed by atoms with E-state index in [1.54, 1.807) is 30.3 Å². The lowest BCUT2D eigenvalue weighted by molar-refractivity contribution is 0.100. The van der Waals surface area contributed by atoms with Gasteiger partial charge in [0.25, 0.3) is 5.91 Å². The van der Waals surface area contributed by atoms with Crippen LogP contribution in [0.2, 0.25) is 4.34 Å². The van der Waals surface area contributed by atoms with Gasteiger partial charge >= 0.3 is 6.09 Å². The molecule has 1 aromatic carbocycles. The minimum absolute atomic E-state index is 0.371. The Balaban J connectivity index is 1.75. The normalized spacial score (nSPS) is 17.3. The van der Waals surface area contributed by atoms with Gasteiger partial charge in [-0.05, 0) is 35.9 Å². The third kappa shape index (κ3) is 3.25. The summed E-state index contributed by atoms with van der Waals surface area (Å²) in [6.45, 7) is 0.383. The van der Waals surface area contributed by atoms with Crippen molar-refractivity contribution in [1.82, 2.24) is 0 Å². The molecule has 1 fully saturated rings. The standard InChI is InChI=1S/C15H14ClN3O3S/c16-12-6-8(13(23-12)14(18)20)5-11-7-19(15(21)22-11)10-3-1-9(17)2-4-10/h1-4,6,11H,5,7,17H2,(H2,18,20). The van der Waals surface area contributed by atoms with Crippen molar-refractivity contribution in [2.45, 2.75) is 12.5 Å². The SMILES string of the molecule is NC(=O)c1sc(Cl)cc1CC1CN(c2ccc(N)cc2)C(=O)O1. The van der Waals surface area contributed by atoms with Crippen molar-refractivity contribution >= 4 is 46.3 Å². The molecule has 2 aromatic rings. The van der Waals surface area contributed by atoms with E-state index < -0.39 is 12.0 Å². The molecule has 1 unspecified atom stereocenters. The van der Waals surface area contributed by atoms with Crippen LogP contribution in [0.4, 0.5) is 16.2 Å². The number of primary amides is 1. The van der Waals surface area contributed by atoms with Crippen molar-refractivity contribution in [1.29, 1.82) is 0 Å². The summed E-state index contributed by atoms with van der Waals surface area (Å²) in [6.07, 6.45) is -0.413. The maximum atomic E-state index is 12.0. The minimum Gasteiger partial charge on any atom is -0.444 e. The van der Waals surface area contributed by atoms with E-state index in [2.05, 4.69) is 0 Å². The van der Waals surface area contributed by atoms with Crippen LogP contribution in [0.1, 0.15) is 15.2 Å². The fourth-order valence-electron chi connectivity index (χ4n) is 2.49. The lowest BCUT2D eigenvalue weighted by atomic mass is 10.1. The zero-order valence-corrected chi connectivity index (χ0v) is 13.6. The summed E-state index contributed by atoms with van der Waals surface area (Å²) in [7, 11) is 0. The monoisotopic (exact) mass is 351 g/mol. The number of amides is 2. The highest BCUT2D eigenvalue weighted by molar-refractivity contribution is 7.18. The Bertz CT molecular complexity index is 760. The molecule has 1 aliphatic rings. The zero-order valence-electron chi connectivity index (χ0n) is 12.0. The number of halogens is 1. The Morgan fingerprint density at radius 2 is 2.09 bits per heavy atom. The Labute approximate surface area is 141 Å². The van der Waals surface area contributed by atoms with Gasteiger partial charge in [0.05, 0.1) is 15.8 Å². The Morgan fingerprint density at radius 1 is 1.39 bits per heavy atom. The summed E-state index contributed by atoms with van der Waals surface area (Å²) in [4.78, 5) is 25.4. The molecule has 23 heavy (non-hydrogen) atoms. The fraction of sp³-hybridized carbons (Fsp3) is 0.200. The molecule has 1 aliphatic heterocycles. The minimum atomic E-state index is -0.531. The summed E-state index contributed by atoms with van der Waals surface area (Å²) >= 11 is 7.07. The Morgan fingerprint density at radius 3 is 2.74 bits per heavy atom. The maximum Gasteiger partial charge on any atom is 0.414 e. The second-order valence-electron chi connectivity index (χ2n) is 5.18. The highest BCUT2D eigenvalue weighted by atomic mass is 35.5. The number of ether oxygens (including phenoxy) is 1. The van der Waals surface area contributed by atoms with Gasteiger partial charge in [0.1, 0.15) is 6.10 Å². The van der Waals surface area contributed by atoms with Crippen LogP contribution in [0.25, 0.3) is 0 Å². The quantitative estimate of drug-likeness (QED) is 0.827. The summed E-state index contributed by atoms with van der Waals surface area (Å²) < 4.78 is 5.85. The molecule has 0 bridgehead atoms. The number of cyclic esters (lactones) is 1.